The molecule has 0 saturated carbocycles. The SMILES string of the molecule is CCOc1ncccc1-c1c(C)nn2cccnc12. The molecule has 5 nitrogen and oxygen atoms in total. The number of hydrogen-bond donors (Lipinski definition) is 0. The van der Waals surface area contributed by atoms with Crippen molar-refractivity contribution in [3.05, 3.63) is 42.5 Å². The third kappa shape index (κ3) is 1.93. The third-order valence-electron chi connectivity index (χ3n) is 2.89. The highest BCUT2D eigenvalue weighted by atomic mass is 16.5. The van der Waals surface area contributed by atoms with Crippen LogP contribution in [-0.2, 0) is 0 Å². The van der Waals surface area contributed by atoms with E-state index in [1.54, 1.807) is 16.9 Å². The second kappa shape index (κ2) is 4.68. The molecule has 0 radical (unpaired) electrons. The summed E-state index contributed by atoms with van der Waals surface area (Å²) in [5.41, 5.74) is 3.62. The molecule has 3 aromatic heterocycles. The van der Waals surface area contributed by atoms with Crippen LogP contribution in [0.3, 0.4) is 0 Å². The second-order valence-corrected chi connectivity index (χ2v) is 4.14. The van der Waals surface area contributed by atoms with Gasteiger partial charge in [-0.05, 0) is 32.0 Å². The van der Waals surface area contributed by atoms with E-state index in [-0.39, 0.29) is 0 Å². The van der Waals surface area contributed by atoms with Gasteiger partial charge < -0.3 is 4.74 Å². The molecule has 0 atom stereocenters. The predicted octanol–water partition coefficient (Wildman–Crippen LogP) is 2.50. The normalized spacial score (nSPS) is 10.8. The number of aryl methyl sites for hydroxylation is 1. The summed E-state index contributed by atoms with van der Waals surface area (Å²) in [5.74, 6) is 0.619. The fraction of sp³-hybridized carbons (Fsp3) is 0.214. The van der Waals surface area contributed by atoms with Crippen molar-refractivity contribution in [1.82, 2.24) is 19.6 Å². The quantitative estimate of drug-likeness (QED) is 0.720. The van der Waals surface area contributed by atoms with Gasteiger partial charge in [-0.3, -0.25) is 0 Å². The van der Waals surface area contributed by atoms with E-state index in [2.05, 4.69) is 15.1 Å². The van der Waals surface area contributed by atoms with Gasteiger partial charge in [-0.2, -0.15) is 5.10 Å². The molecule has 5 heteroatoms. The minimum Gasteiger partial charge on any atom is -0.478 e. The fourth-order valence-electron chi connectivity index (χ4n) is 2.14. The zero-order valence-corrected chi connectivity index (χ0v) is 10.9. The molecule has 3 aromatic rings. The average Bonchev–Trinajstić information content (AvgIpc) is 2.76. The minimum atomic E-state index is 0.579. The molecule has 0 aliphatic heterocycles. The lowest BCUT2D eigenvalue weighted by Crippen LogP contribution is -1.97. The number of hydrogen-bond acceptors (Lipinski definition) is 4. The van der Waals surface area contributed by atoms with E-state index < -0.39 is 0 Å². The maximum atomic E-state index is 5.59. The number of fused-ring (bicyclic) bond motifs is 1. The first-order valence-corrected chi connectivity index (χ1v) is 6.19. The van der Waals surface area contributed by atoms with Gasteiger partial charge in [0.25, 0.3) is 0 Å². The molecule has 0 saturated heterocycles. The molecular weight excluding hydrogens is 240 g/mol. The zero-order chi connectivity index (χ0) is 13.2. The Labute approximate surface area is 110 Å². The summed E-state index contributed by atoms with van der Waals surface area (Å²) in [7, 11) is 0. The van der Waals surface area contributed by atoms with E-state index in [4.69, 9.17) is 4.74 Å². The Bertz CT molecular complexity index is 720. The van der Waals surface area contributed by atoms with Crippen molar-refractivity contribution in [2.45, 2.75) is 13.8 Å². The summed E-state index contributed by atoms with van der Waals surface area (Å²) in [6, 6.07) is 5.73. The van der Waals surface area contributed by atoms with E-state index in [1.807, 2.05) is 38.2 Å². The van der Waals surface area contributed by atoms with Crippen LogP contribution in [0.2, 0.25) is 0 Å². The number of aromatic nitrogens is 4. The standard InChI is InChI=1S/C14H14N4O/c1-3-19-14-11(6-4-7-16-14)12-10(2)17-18-9-5-8-15-13(12)18/h4-9H,3H2,1-2H3. The van der Waals surface area contributed by atoms with Crippen LogP contribution in [0, 0.1) is 6.92 Å². The Balaban J connectivity index is 2.27. The van der Waals surface area contributed by atoms with Crippen molar-refractivity contribution in [2.75, 3.05) is 6.61 Å². The predicted molar refractivity (Wildman–Crippen MR) is 72.1 cm³/mol. The number of nitrogens with zero attached hydrogens (tertiary/aromatic N) is 4. The molecule has 0 aliphatic carbocycles. The Morgan fingerprint density at radius 1 is 1.21 bits per heavy atom. The number of ether oxygens (including phenoxy) is 1. The molecule has 0 unspecified atom stereocenters. The summed E-state index contributed by atoms with van der Waals surface area (Å²) in [4.78, 5) is 8.68. The largest absolute Gasteiger partial charge is 0.478 e. The molecule has 0 fully saturated rings. The van der Waals surface area contributed by atoms with E-state index >= 15 is 0 Å². The van der Waals surface area contributed by atoms with E-state index in [1.165, 1.54) is 0 Å². The molecule has 3 rings (SSSR count). The van der Waals surface area contributed by atoms with E-state index in [0.29, 0.717) is 12.5 Å². The van der Waals surface area contributed by atoms with Crippen molar-refractivity contribution in [1.29, 1.82) is 0 Å². The van der Waals surface area contributed by atoms with Crippen molar-refractivity contribution in [3.8, 4) is 17.0 Å². The smallest absolute Gasteiger partial charge is 0.221 e. The van der Waals surface area contributed by atoms with Gasteiger partial charge in [0.2, 0.25) is 5.88 Å². The summed E-state index contributed by atoms with van der Waals surface area (Å²) < 4.78 is 7.36. The number of rotatable bonds is 3. The molecule has 0 aromatic carbocycles. The summed E-state index contributed by atoms with van der Waals surface area (Å²) in [6.07, 6.45) is 5.37. The number of pyridine rings is 1. The first-order chi connectivity index (χ1) is 9.31. The molecule has 0 aliphatic rings. The first kappa shape index (κ1) is 11.6. The molecule has 0 bridgehead atoms. The fourth-order valence-corrected chi connectivity index (χ4v) is 2.14. The summed E-state index contributed by atoms with van der Waals surface area (Å²) >= 11 is 0. The monoisotopic (exact) mass is 254 g/mol. The van der Waals surface area contributed by atoms with Gasteiger partial charge in [0.1, 0.15) is 0 Å². The maximum absolute atomic E-state index is 5.59. The highest BCUT2D eigenvalue weighted by Gasteiger charge is 2.16. The third-order valence-corrected chi connectivity index (χ3v) is 2.89. The van der Waals surface area contributed by atoms with Crippen LogP contribution in [0.1, 0.15) is 12.6 Å². The molecule has 96 valence electrons. The summed E-state index contributed by atoms with van der Waals surface area (Å²) in [5, 5.41) is 4.46. The molecule has 19 heavy (non-hydrogen) atoms. The van der Waals surface area contributed by atoms with Crippen LogP contribution in [0.4, 0.5) is 0 Å². The van der Waals surface area contributed by atoms with Gasteiger partial charge in [0, 0.05) is 24.2 Å². The van der Waals surface area contributed by atoms with Gasteiger partial charge in [0.15, 0.2) is 5.65 Å². The van der Waals surface area contributed by atoms with Crippen LogP contribution in [-0.4, -0.2) is 26.2 Å². The van der Waals surface area contributed by atoms with Gasteiger partial charge in [-0.15, -0.1) is 0 Å². The van der Waals surface area contributed by atoms with Crippen LogP contribution < -0.4 is 4.74 Å². The van der Waals surface area contributed by atoms with Gasteiger partial charge >= 0.3 is 0 Å². The lowest BCUT2D eigenvalue weighted by molar-refractivity contribution is 0.328. The average molecular weight is 254 g/mol. The summed E-state index contributed by atoms with van der Waals surface area (Å²) in [6.45, 7) is 4.49. The Morgan fingerprint density at radius 2 is 2.05 bits per heavy atom. The van der Waals surface area contributed by atoms with Gasteiger partial charge in [-0.25, -0.2) is 14.5 Å². The molecule has 3 heterocycles. The Morgan fingerprint density at radius 3 is 2.89 bits per heavy atom. The van der Waals surface area contributed by atoms with Crippen molar-refractivity contribution in [2.24, 2.45) is 0 Å². The highest BCUT2D eigenvalue weighted by Crippen LogP contribution is 2.32. The highest BCUT2D eigenvalue weighted by molar-refractivity contribution is 5.82. The second-order valence-electron chi connectivity index (χ2n) is 4.14. The Kier molecular flexibility index (Phi) is 2.87. The zero-order valence-electron chi connectivity index (χ0n) is 10.9. The molecule has 0 spiro atoms. The van der Waals surface area contributed by atoms with Crippen LogP contribution in [0.25, 0.3) is 16.8 Å². The minimum absolute atomic E-state index is 0.579. The maximum Gasteiger partial charge on any atom is 0.221 e. The van der Waals surface area contributed by atoms with E-state index in [9.17, 15) is 0 Å². The lowest BCUT2D eigenvalue weighted by Gasteiger charge is -2.07. The van der Waals surface area contributed by atoms with Crippen LogP contribution >= 0.6 is 0 Å². The van der Waals surface area contributed by atoms with Crippen molar-refractivity contribution in [3.63, 3.8) is 0 Å². The van der Waals surface area contributed by atoms with Gasteiger partial charge in [0.05, 0.1) is 17.9 Å². The lowest BCUT2D eigenvalue weighted by atomic mass is 10.1. The van der Waals surface area contributed by atoms with Gasteiger partial charge in [-0.1, -0.05) is 0 Å². The molecule has 0 N–H and O–H groups in total. The van der Waals surface area contributed by atoms with E-state index in [0.717, 1.165) is 22.5 Å². The van der Waals surface area contributed by atoms with Crippen LogP contribution in [0.5, 0.6) is 5.88 Å². The topological polar surface area (TPSA) is 52.3 Å². The molecule has 0 amide bonds. The first-order valence-electron chi connectivity index (χ1n) is 6.19. The van der Waals surface area contributed by atoms with Crippen molar-refractivity contribution >= 4 is 5.65 Å². The van der Waals surface area contributed by atoms with Crippen LogP contribution in [0.15, 0.2) is 36.8 Å². The Hall–Kier alpha value is -2.43. The van der Waals surface area contributed by atoms with Crippen molar-refractivity contribution < 1.29 is 4.74 Å². The molecular formula is C14H14N4O.